The fourth-order valence-electron chi connectivity index (χ4n) is 2.57. The second-order valence-electron chi connectivity index (χ2n) is 5.95. The van der Waals surface area contributed by atoms with Gasteiger partial charge >= 0.3 is 0 Å². The van der Waals surface area contributed by atoms with Crippen LogP contribution in [0.1, 0.15) is 0 Å². The highest BCUT2D eigenvalue weighted by Crippen LogP contribution is 2.35. The second kappa shape index (κ2) is 9.17. The molecule has 0 aliphatic heterocycles. The van der Waals surface area contributed by atoms with Crippen LogP contribution in [-0.4, -0.2) is 20.9 Å². The lowest BCUT2D eigenvalue weighted by Crippen LogP contribution is -2.38. The van der Waals surface area contributed by atoms with Crippen molar-refractivity contribution < 1.29 is 13.2 Å². The van der Waals surface area contributed by atoms with E-state index in [2.05, 4.69) is 21.2 Å². The Kier molecular flexibility index (Phi) is 6.85. The van der Waals surface area contributed by atoms with Crippen molar-refractivity contribution in [2.45, 2.75) is 4.90 Å². The summed E-state index contributed by atoms with van der Waals surface area (Å²) in [5, 5.41) is 2.92. The van der Waals surface area contributed by atoms with Gasteiger partial charge in [-0.15, -0.1) is 0 Å². The number of rotatable bonds is 6. The summed E-state index contributed by atoms with van der Waals surface area (Å²) in [6.45, 7) is -0.479. The SMILES string of the molecule is O=C(CN(c1cccc(Cl)c1Cl)S(=O)(=O)c1ccccc1)Nc1ccc(Br)cc1. The first-order valence-electron chi connectivity index (χ1n) is 8.36. The highest BCUT2D eigenvalue weighted by Gasteiger charge is 2.29. The third-order valence-electron chi connectivity index (χ3n) is 3.95. The van der Waals surface area contributed by atoms with Crippen LogP contribution in [0.2, 0.25) is 10.0 Å². The van der Waals surface area contributed by atoms with E-state index in [1.807, 2.05) is 0 Å². The molecule has 0 bridgehead atoms. The molecule has 3 rings (SSSR count). The quantitative estimate of drug-likeness (QED) is 0.467. The summed E-state index contributed by atoms with van der Waals surface area (Å²) in [6.07, 6.45) is 0. The molecule has 29 heavy (non-hydrogen) atoms. The fourth-order valence-corrected chi connectivity index (χ4v) is 4.73. The van der Waals surface area contributed by atoms with Crippen molar-refractivity contribution in [3.05, 3.63) is 87.3 Å². The van der Waals surface area contributed by atoms with Crippen molar-refractivity contribution in [3.63, 3.8) is 0 Å². The molecule has 3 aromatic rings. The minimum Gasteiger partial charge on any atom is -0.325 e. The van der Waals surface area contributed by atoms with Crippen LogP contribution in [0.25, 0.3) is 0 Å². The van der Waals surface area contributed by atoms with Crippen molar-refractivity contribution in [1.82, 2.24) is 0 Å². The number of hydrogen-bond acceptors (Lipinski definition) is 3. The van der Waals surface area contributed by atoms with E-state index >= 15 is 0 Å². The van der Waals surface area contributed by atoms with Crippen molar-refractivity contribution in [2.75, 3.05) is 16.2 Å². The maximum Gasteiger partial charge on any atom is 0.264 e. The Balaban J connectivity index is 1.98. The molecular weight excluding hydrogens is 499 g/mol. The van der Waals surface area contributed by atoms with Crippen LogP contribution >= 0.6 is 39.1 Å². The number of benzene rings is 3. The molecule has 3 aromatic carbocycles. The molecule has 0 fully saturated rings. The number of sulfonamides is 1. The van der Waals surface area contributed by atoms with Crippen LogP contribution in [0.15, 0.2) is 82.2 Å². The number of anilines is 2. The van der Waals surface area contributed by atoms with E-state index in [0.29, 0.717) is 5.69 Å². The van der Waals surface area contributed by atoms with Gasteiger partial charge in [0.05, 0.1) is 20.6 Å². The Morgan fingerprint density at radius 1 is 0.931 bits per heavy atom. The maximum atomic E-state index is 13.3. The molecule has 0 unspecified atom stereocenters. The topological polar surface area (TPSA) is 66.5 Å². The van der Waals surface area contributed by atoms with E-state index in [0.717, 1.165) is 8.78 Å². The van der Waals surface area contributed by atoms with Crippen molar-refractivity contribution in [1.29, 1.82) is 0 Å². The summed E-state index contributed by atoms with van der Waals surface area (Å²) >= 11 is 15.7. The largest absolute Gasteiger partial charge is 0.325 e. The lowest BCUT2D eigenvalue weighted by atomic mass is 10.3. The van der Waals surface area contributed by atoms with E-state index < -0.39 is 22.5 Å². The van der Waals surface area contributed by atoms with E-state index in [1.165, 1.54) is 18.2 Å². The molecule has 0 heterocycles. The maximum absolute atomic E-state index is 13.3. The third kappa shape index (κ3) is 5.11. The standard InChI is InChI=1S/C20H15BrCl2N2O3S/c21-14-9-11-15(12-10-14)24-19(26)13-25(18-8-4-7-17(22)20(18)23)29(27,28)16-5-2-1-3-6-16/h1-12H,13H2,(H,24,26). The Morgan fingerprint density at radius 2 is 1.59 bits per heavy atom. The van der Waals surface area contributed by atoms with Gasteiger partial charge in [0.2, 0.25) is 5.91 Å². The normalized spacial score (nSPS) is 11.1. The number of halogens is 3. The number of carbonyl (C=O) groups excluding carboxylic acids is 1. The molecular formula is C20H15BrCl2N2O3S. The second-order valence-corrected chi connectivity index (χ2v) is 9.52. The molecule has 0 aliphatic rings. The smallest absolute Gasteiger partial charge is 0.264 e. The predicted octanol–water partition coefficient (Wildman–Crippen LogP) is 5.59. The van der Waals surface area contributed by atoms with Gasteiger partial charge in [-0.25, -0.2) is 8.42 Å². The minimum atomic E-state index is -4.07. The Labute approximate surface area is 187 Å². The Morgan fingerprint density at radius 3 is 2.24 bits per heavy atom. The molecule has 0 aliphatic carbocycles. The highest BCUT2D eigenvalue weighted by atomic mass is 79.9. The summed E-state index contributed by atoms with van der Waals surface area (Å²) in [5.41, 5.74) is 0.654. The fraction of sp³-hybridized carbons (Fsp3) is 0.0500. The molecule has 0 saturated heterocycles. The summed E-state index contributed by atoms with van der Waals surface area (Å²) in [6, 6.07) is 19.4. The molecule has 0 saturated carbocycles. The molecule has 1 N–H and O–H groups in total. The molecule has 150 valence electrons. The van der Waals surface area contributed by atoms with E-state index in [9.17, 15) is 13.2 Å². The molecule has 1 amide bonds. The van der Waals surface area contributed by atoms with Gasteiger partial charge in [0.15, 0.2) is 0 Å². The van der Waals surface area contributed by atoms with Gasteiger partial charge in [-0.05, 0) is 48.5 Å². The van der Waals surface area contributed by atoms with Crippen LogP contribution in [0.5, 0.6) is 0 Å². The number of nitrogens with one attached hydrogen (secondary N) is 1. The number of amides is 1. The van der Waals surface area contributed by atoms with Gasteiger partial charge in [-0.1, -0.05) is 63.4 Å². The van der Waals surface area contributed by atoms with Crippen LogP contribution < -0.4 is 9.62 Å². The molecule has 5 nitrogen and oxygen atoms in total. The average molecular weight is 514 g/mol. The van der Waals surface area contributed by atoms with Gasteiger partial charge in [0, 0.05) is 10.2 Å². The van der Waals surface area contributed by atoms with E-state index in [-0.39, 0.29) is 20.6 Å². The molecule has 0 aromatic heterocycles. The van der Waals surface area contributed by atoms with Gasteiger partial charge in [-0.2, -0.15) is 0 Å². The first-order valence-corrected chi connectivity index (χ1v) is 11.3. The zero-order chi connectivity index (χ0) is 21.0. The van der Waals surface area contributed by atoms with E-state index in [1.54, 1.807) is 54.6 Å². The van der Waals surface area contributed by atoms with Crippen LogP contribution in [0.3, 0.4) is 0 Å². The number of carbonyl (C=O) groups is 1. The number of nitrogens with zero attached hydrogens (tertiary/aromatic N) is 1. The monoisotopic (exact) mass is 512 g/mol. The van der Waals surface area contributed by atoms with Gasteiger partial charge in [-0.3, -0.25) is 9.10 Å². The van der Waals surface area contributed by atoms with Crippen molar-refractivity contribution in [3.8, 4) is 0 Å². The first-order chi connectivity index (χ1) is 13.8. The zero-order valence-corrected chi connectivity index (χ0v) is 18.8. The first kappa shape index (κ1) is 21.6. The van der Waals surface area contributed by atoms with E-state index in [4.69, 9.17) is 23.2 Å². The van der Waals surface area contributed by atoms with Crippen LogP contribution in [0.4, 0.5) is 11.4 Å². The van der Waals surface area contributed by atoms with Crippen molar-refractivity contribution >= 4 is 66.4 Å². The highest BCUT2D eigenvalue weighted by molar-refractivity contribution is 9.10. The summed E-state index contributed by atoms with van der Waals surface area (Å²) < 4.78 is 28.3. The molecule has 0 spiro atoms. The third-order valence-corrected chi connectivity index (χ3v) is 7.06. The van der Waals surface area contributed by atoms with Gasteiger partial charge in [0.25, 0.3) is 10.0 Å². The average Bonchev–Trinajstić information content (AvgIpc) is 2.71. The molecule has 9 heteroatoms. The van der Waals surface area contributed by atoms with Crippen molar-refractivity contribution in [2.24, 2.45) is 0 Å². The van der Waals surface area contributed by atoms with Gasteiger partial charge < -0.3 is 5.32 Å². The summed E-state index contributed by atoms with van der Waals surface area (Å²) in [7, 11) is -4.07. The zero-order valence-electron chi connectivity index (χ0n) is 14.8. The molecule has 0 radical (unpaired) electrons. The Hall–Kier alpha value is -2.06. The lowest BCUT2D eigenvalue weighted by molar-refractivity contribution is -0.114. The van der Waals surface area contributed by atoms with Crippen LogP contribution in [-0.2, 0) is 14.8 Å². The summed E-state index contributed by atoms with van der Waals surface area (Å²) in [4.78, 5) is 12.7. The molecule has 0 atom stereocenters. The Bertz CT molecular complexity index is 1120. The summed E-state index contributed by atoms with van der Waals surface area (Å²) in [5.74, 6) is -0.525. The van der Waals surface area contributed by atoms with Crippen LogP contribution in [0, 0.1) is 0 Å². The van der Waals surface area contributed by atoms with Gasteiger partial charge in [0.1, 0.15) is 6.54 Å². The minimum absolute atomic E-state index is 0.0347. The predicted molar refractivity (Wildman–Crippen MR) is 120 cm³/mol. The number of hydrogen-bond donors (Lipinski definition) is 1. The lowest BCUT2D eigenvalue weighted by Gasteiger charge is -2.25.